The van der Waals surface area contributed by atoms with Gasteiger partial charge in [0.1, 0.15) is 17.1 Å². The minimum atomic E-state index is -3.24. The van der Waals surface area contributed by atoms with E-state index in [-0.39, 0.29) is 5.56 Å². The fourth-order valence-corrected chi connectivity index (χ4v) is 3.73. The van der Waals surface area contributed by atoms with Gasteiger partial charge in [-0.2, -0.15) is 0 Å². The summed E-state index contributed by atoms with van der Waals surface area (Å²) in [5.41, 5.74) is -0.250. The van der Waals surface area contributed by atoms with Gasteiger partial charge in [-0.15, -0.1) is 0 Å². The van der Waals surface area contributed by atoms with E-state index in [4.69, 9.17) is 9.47 Å². The molecule has 4 nitrogen and oxygen atoms in total. The molecule has 0 aromatic heterocycles. The van der Waals surface area contributed by atoms with Gasteiger partial charge in [-0.1, -0.05) is 36.4 Å². The molecule has 0 aliphatic rings. The molecule has 0 spiro atoms. The molecule has 2 aromatic rings. The lowest BCUT2D eigenvalue weighted by Gasteiger charge is -2.16. The monoisotopic (exact) mass is 304 g/mol. The Morgan fingerprint density at radius 2 is 1.43 bits per heavy atom. The van der Waals surface area contributed by atoms with E-state index in [1.165, 1.54) is 20.9 Å². The molecule has 0 heterocycles. The number of carbonyl (C=O) groups is 1. The molecule has 5 heteroatoms. The lowest BCUT2D eigenvalue weighted by molar-refractivity contribution is 0.107. The van der Waals surface area contributed by atoms with Crippen LogP contribution in [0.25, 0.3) is 0 Å². The average molecular weight is 304 g/mol. The smallest absolute Gasteiger partial charge is 0.232 e. The van der Waals surface area contributed by atoms with Crippen molar-refractivity contribution in [3.8, 4) is 11.5 Å². The van der Waals surface area contributed by atoms with Crippen LogP contribution in [-0.2, 0) is 4.57 Å². The number of benzene rings is 2. The molecule has 21 heavy (non-hydrogen) atoms. The normalized spacial score (nSPS) is 13.3. The Labute approximate surface area is 124 Å². The zero-order valence-corrected chi connectivity index (χ0v) is 13.1. The molecule has 0 aliphatic carbocycles. The van der Waals surface area contributed by atoms with Gasteiger partial charge in [-0.25, -0.2) is 0 Å². The maximum absolute atomic E-state index is 13.0. The van der Waals surface area contributed by atoms with E-state index in [2.05, 4.69) is 0 Å². The van der Waals surface area contributed by atoms with Crippen molar-refractivity contribution in [1.29, 1.82) is 0 Å². The van der Waals surface area contributed by atoms with Crippen molar-refractivity contribution in [1.82, 2.24) is 0 Å². The summed E-state index contributed by atoms with van der Waals surface area (Å²) < 4.78 is 23.4. The summed E-state index contributed by atoms with van der Waals surface area (Å²) >= 11 is 0. The predicted octanol–water partition coefficient (Wildman–Crippen LogP) is 3.16. The fraction of sp³-hybridized carbons (Fsp3) is 0.188. The van der Waals surface area contributed by atoms with E-state index < -0.39 is 12.7 Å². The Hall–Kier alpha value is -2.06. The van der Waals surface area contributed by atoms with Crippen LogP contribution in [0.15, 0.2) is 48.5 Å². The molecule has 0 saturated heterocycles. The highest BCUT2D eigenvalue weighted by atomic mass is 31.2. The second-order valence-electron chi connectivity index (χ2n) is 4.60. The summed E-state index contributed by atoms with van der Waals surface area (Å²) in [6, 6.07) is 13.8. The van der Waals surface area contributed by atoms with Crippen LogP contribution in [0.4, 0.5) is 0 Å². The summed E-state index contributed by atoms with van der Waals surface area (Å²) in [6.07, 6.45) is 0. The van der Waals surface area contributed by atoms with E-state index >= 15 is 0 Å². The van der Waals surface area contributed by atoms with Crippen LogP contribution in [0.2, 0.25) is 0 Å². The second kappa shape index (κ2) is 6.15. The molecule has 1 atom stereocenters. The van der Waals surface area contributed by atoms with Crippen molar-refractivity contribution in [2.24, 2.45) is 0 Å². The SMILES string of the molecule is COc1cccc(OC)c1C(=O)P(C)(=O)c1ccccc1. The van der Waals surface area contributed by atoms with Gasteiger partial charge in [0.15, 0.2) is 7.14 Å². The minimum Gasteiger partial charge on any atom is -0.496 e. The first-order chi connectivity index (χ1) is 10.0. The molecule has 2 aromatic carbocycles. The summed E-state index contributed by atoms with van der Waals surface area (Å²) in [5, 5.41) is 0.517. The third-order valence-electron chi connectivity index (χ3n) is 3.28. The number of hydrogen-bond donors (Lipinski definition) is 0. The second-order valence-corrected chi connectivity index (χ2v) is 7.37. The van der Waals surface area contributed by atoms with Crippen molar-refractivity contribution < 1.29 is 18.8 Å². The van der Waals surface area contributed by atoms with Gasteiger partial charge in [0.2, 0.25) is 5.52 Å². The van der Waals surface area contributed by atoms with Gasteiger partial charge in [0.25, 0.3) is 0 Å². The lowest BCUT2D eigenvalue weighted by Crippen LogP contribution is -2.14. The molecular weight excluding hydrogens is 287 g/mol. The molecule has 0 amide bonds. The molecule has 0 fully saturated rings. The molecule has 1 unspecified atom stereocenters. The molecule has 0 bridgehead atoms. The molecule has 0 aliphatic heterocycles. The third kappa shape index (κ3) is 2.86. The Kier molecular flexibility index (Phi) is 4.49. The van der Waals surface area contributed by atoms with Crippen molar-refractivity contribution in [3.05, 3.63) is 54.1 Å². The van der Waals surface area contributed by atoms with Crippen LogP contribution in [0.5, 0.6) is 11.5 Å². The van der Waals surface area contributed by atoms with Crippen LogP contribution in [0.3, 0.4) is 0 Å². The largest absolute Gasteiger partial charge is 0.496 e. The Morgan fingerprint density at radius 3 is 1.90 bits per heavy atom. The van der Waals surface area contributed by atoms with Crippen LogP contribution >= 0.6 is 7.14 Å². The Morgan fingerprint density at radius 1 is 0.905 bits per heavy atom. The van der Waals surface area contributed by atoms with Crippen LogP contribution in [0, 0.1) is 0 Å². The van der Waals surface area contributed by atoms with Crippen molar-refractivity contribution in [2.45, 2.75) is 0 Å². The van der Waals surface area contributed by atoms with Crippen molar-refractivity contribution in [2.75, 3.05) is 20.9 Å². The molecule has 0 radical (unpaired) electrons. The van der Waals surface area contributed by atoms with Gasteiger partial charge in [-0.05, 0) is 12.1 Å². The zero-order valence-electron chi connectivity index (χ0n) is 12.2. The number of carbonyl (C=O) groups excluding carboxylic acids is 1. The van der Waals surface area contributed by atoms with E-state index in [1.54, 1.807) is 42.5 Å². The minimum absolute atomic E-state index is 0.220. The van der Waals surface area contributed by atoms with Gasteiger partial charge < -0.3 is 14.0 Å². The highest BCUT2D eigenvalue weighted by Crippen LogP contribution is 2.47. The van der Waals surface area contributed by atoms with Gasteiger partial charge in [0, 0.05) is 12.0 Å². The molecule has 0 N–H and O–H groups in total. The highest BCUT2D eigenvalue weighted by Gasteiger charge is 2.33. The molecule has 2 rings (SSSR count). The quantitative estimate of drug-likeness (QED) is 0.796. The first-order valence-corrected chi connectivity index (χ1v) is 8.56. The predicted molar refractivity (Wildman–Crippen MR) is 83.5 cm³/mol. The first-order valence-electron chi connectivity index (χ1n) is 6.41. The van der Waals surface area contributed by atoms with E-state index in [1.807, 2.05) is 6.07 Å². The van der Waals surface area contributed by atoms with Gasteiger partial charge in [-0.3, -0.25) is 4.79 Å². The van der Waals surface area contributed by atoms with Crippen LogP contribution in [0.1, 0.15) is 10.4 Å². The Balaban J connectivity index is 2.57. The van der Waals surface area contributed by atoms with Gasteiger partial charge >= 0.3 is 0 Å². The Bertz CT molecular complexity index is 672. The number of methoxy groups -OCH3 is 2. The standard InChI is InChI=1S/C16H17O4P/c1-19-13-10-7-11-14(20-2)15(13)16(17)21(3,18)12-8-5-4-6-9-12/h4-11H,1-3H3. The molecule has 110 valence electrons. The number of hydrogen-bond acceptors (Lipinski definition) is 4. The van der Waals surface area contributed by atoms with Crippen molar-refractivity contribution in [3.63, 3.8) is 0 Å². The summed E-state index contributed by atoms with van der Waals surface area (Å²) in [7, 11) is -0.303. The van der Waals surface area contributed by atoms with E-state index in [9.17, 15) is 9.36 Å². The molecule has 0 saturated carbocycles. The maximum Gasteiger partial charge on any atom is 0.232 e. The first kappa shape index (κ1) is 15.3. The highest BCUT2D eigenvalue weighted by molar-refractivity contribution is 7.86. The third-order valence-corrected chi connectivity index (χ3v) is 5.56. The summed E-state index contributed by atoms with van der Waals surface area (Å²) in [6.45, 7) is 1.47. The van der Waals surface area contributed by atoms with E-state index in [0.29, 0.717) is 16.8 Å². The average Bonchev–Trinajstić information content (AvgIpc) is 2.54. The molecular formula is C16H17O4P. The van der Waals surface area contributed by atoms with Gasteiger partial charge in [0.05, 0.1) is 14.2 Å². The zero-order chi connectivity index (χ0) is 15.5. The van der Waals surface area contributed by atoms with Crippen LogP contribution < -0.4 is 14.8 Å². The van der Waals surface area contributed by atoms with Crippen LogP contribution in [-0.4, -0.2) is 26.4 Å². The fourth-order valence-electron chi connectivity index (χ4n) is 2.11. The number of ether oxygens (including phenoxy) is 2. The maximum atomic E-state index is 13.0. The summed E-state index contributed by atoms with van der Waals surface area (Å²) in [5.74, 6) is 0.717. The lowest BCUT2D eigenvalue weighted by atomic mass is 10.2. The topological polar surface area (TPSA) is 52.6 Å². The summed E-state index contributed by atoms with van der Waals surface area (Å²) in [4.78, 5) is 12.8. The van der Waals surface area contributed by atoms with E-state index in [0.717, 1.165) is 0 Å². The number of rotatable bonds is 5. The van der Waals surface area contributed by atoms with Crippen molar-refractivity contribution >= 4 is 18.0 Å².